The van der Waals surface area contributed by atoms with Gasteiger partial charge in [-0.25, -0.2) is 17.2 Å². The van der Waals surface area contributed by atoms with Crippen LogP contribution < -0.4 is 5.73 Å². The molecule has 0 bridgehead atoms. The fraction of sp³-hybridized carbons (Fsp3) is 0.538. The number of anilines is 1. The van der Waals surface area contributed by atoms with Crippen LogP contribution in [0.5, 0.6) is 0 Å². The monoisotopic (exact) mass is 304 g/mol. The molecule has 0 atom stereocenters. The molecule has 1 aromatic rings. The molecule has 2 rings (SSSR count). The summed E-state index contributed by atoms with van der Waals surface area (Å²) >= 11 is 0. The van der Waals surface area contributed by atoms with Gasteiger partial charge in [-0.05, 0) is 38.7 Å². The average Bonchev–Trinajstić information content (AvgIpc) is 3.13. The van der Waals surface area contributed by atoms with Gasteiger partial charge in [0.25, 0.3) is 0 Å². The van der Waals surface area contributed by atoms with Crippen LogP contribution in [0.1, 0.15) is 26.7 Å². The van der Waals surface area contributed by atoms with Crippen molar-refractivity contribution in [2.45, 2.75) is 37.6 Å². The predicted octanol–water partition coefficient (Wildman–Crippen LogP) is 2.36. The van der Waals surface area contributed by atoms with E-state index in [0.717, 1.165) is 18.9 Å². The zero-order valence-corrected chi connectivity index (χ0v) is 12.3. The number of nitrogens with zero attached hydrogens (tertiary/aromatic N) is 1. The smallest absolute Gasteiger partial charge is 0.246 e. The molecule has 2 N–H and O–H groups in total. The second kappa shape index (κ2) is 5.29. The van der Waals surface area contributed by atoms with E-state index in [1.54, 1.807) is 13.8 Å². The molecule has 0 amide bonds. The van der Waals surface area contributed by atoms with Crippen molar-refractivity contribution in [3.05, 3.63) is 23.8 Å². The van der Waals surface area contributed by atoms with E-state index in [0.29, 0.717) is 18.5 Å². The lowest BCUT2D eigenvalue weighted by atomic mass is 10.3. The summed E-state index contributed by atoms with van der Waals surface area (Å²) in [4.78, 5) is -0.564. The highest BCUT2D eigenvalue weighted by molar-refractivity contribution is 7.89. The zero-order valence-electron chi connectivity index (χ0n) is 11.4. The highest BCUT2D eigenvalue weighted by atomic mass is 32.2. The Kier molecular flexibility index (Phi) is 4.02. The second-order valence-electron chi connectivity index (χ2n) is 5.42. The lowest BCUT2D eigenvalue weighted by Crippen LogP contribution is -2.38. The largest absolute Gasteiger partial charge is 0.396 e. The van der Waals surface area contributed by atoms with Crippen LogP contribution in [0.15, 0.2) is 17.0 Å². The molecule has 0 heterocycles. The number of rotatable bonds is 5. The molecule has 0 unspecified atom stereocenters. The lowest BCUT2D eigenvalue weighted by Gasteiger charge is -2.26. The number of hydrogen-bond donors (Lipinski definition) is 1. The van der Waals surface area contributed by atoms with Gasteiger partial charge in [-0.2, -0.15) is 4.31 Å². The molecule has 1 aromatic carbocycles. The van der Waals surface area contributed by atoms with Crippen molar-refractivity contribution < 1.29 is 17.2 Å². The maximum absolute atomic E-state index is 13.8. The molecule has 0 aliphatic heterocycles. The van der Waals surface area contributed by atoms with Crippen LogP contribution in [0.25, 0.3) is 0 Å². The Bertz CT molecular complexity index is 613. The van der Waals surface area contributed by atoms with Crippen molar-refractivity contribution >= 4 is 15.7 Å². The van der Waals surface area contributed by atoms with Gasteiger partial charge in [0.05, 0.1) is 5.69 Å². The van der Waals surface area contributed by atoms with Crippen LogP contribution in [0.3, 0.4) is 0 Å². The topological polar surface area (TPSA) is 63.4 Å². The van der Waals surface area contributed by atoms with Crippen LogP contribution in [-0.2, 0) is 10.0 Å². The van der Waals surface area contributed by atoms with E-state index in [4.69, 9.17) is 5.73 Å². The van der Waals surface area contributed by atoms with Crippen LogP contribution in [0.2, 0.25) is 0 Å². The molecule has 7 heteroatoms. The van der Waals surface area contributed by atoms with Gasteiger partial charge >= 0.3 is 0 Å². The number of hydrogen-bond acceptors (Lipinski definition) is 3. The molecule has 0 spiro atoms. The first kappa shape index (κ1) is 15.2. The fourth-order valence-corrected chi connectivity index (χ4v) is 3.81. The maximum Gasteiger partial charge on any atom is 0.246 e. The number of benzene rings is 1. The van der Waals surface area contributed by atoms with Gasteiger partial charge in [-0.15, -0.1) is 0 Å². The third kappa shape index (κ3) is 2.93. The minimum absolute atomic E-state index is 0.300. The molecular weight excluding hydrogens is 286 g/mol. The van der Waals surface area contributed by atoms with Crippen LogP contribution in [-0.4, -0.2) is 25.3 Å². The van der Waals surface area contributed by atoms with E-state index in [2.05, 4.69) is 0 Å². The first-order valence-electron chi connectivity index (χ1n) is 6.50. The minimum atomic E-state index is -4.01. The summed E-state index contributed by atoms with van der Waals surface area (Å²) < 4.78 is 53.3. The molecule has 1 fully saturated rings. The van der Waals surface area contributed by atoms with Gasteiger partial charge in [-0.1, -0.05) is 0 Å². The number of sulfonamides is 1. The van der Waals surface area contributed by atoms with Gasteiger partial charge in [0.1, 0.15) is 16.5 Å². The number of nitrogens with two attached hydrogens (primary N) is 1. The van der Waals surface area contributed by atoms with Crippen LogP contribution in [0, 0.1) is 17.6 Å². The predicted molar refractivity (Wildman–Crippen MR) is 72.5 cm³/mol. The van der Waals surface area contributed by atoms with Crippen molar-refractivity contribution in [1.29, 1.82) is 0 Å². The molecule has 1 aliphatic carbocycles. The summed E-state index contributed by atoms with van der Waals surface area (Å²) in [6, 6.07) is 1.06. The molecule has 4 nitrogen and oxygen atoms in total. The SMILES string of the molecule is CC(C)N(CC1CC1)S(=O)(=O)c1cc(N)c(F)cc1F. The third-order valence-electron chi connectivity index (χ3n) is 3.35. The van der Waals surface area contributed by atoms with Crippen molar-refractivity contribution in [1.82, 2.24) is 4.31 Å². The molecule has 112 valence electrons. The second-order valence-corrected chi connectivity index (χ2v) is 7.27. The normalized spacial score (nSPS) is 16.1. The number of nitrogen functional groups attached to an aromatic ring is 1. The Morgan fingerprint density at radius 1 is 1.30 bits per heavy atom. The average molecular weight is 304 g/mol. The Balaban J connectivity index is 2.44. The molecule has 20 heavy (non-hydrogen) atoms. The van der Waals surface area contributed by atoms with Crippen molar-refractivity contribution in [3.63, 3.8) is 0 Å². The molecule has 0 radical (unpaired) electrons. The Labute approximate surface area is 117 Å². The summed E-state index contributed by atoms with van der Waals surface area (Å²) in [6.45, 7) is 3.81. The van der Waals surface area contributed by atoms with Crippen LogP contribution >= 0.6 is 0 Å². The molecule has 1 saturated carbocycles. The first-order valence-corrected chi connectivity index (χ1v) is 7.94. The van der Waals surface area contributed by atoms with Crippen LogP contribution in [0.4, 0.5) is 14.5 Å². The minimum Gasteiger partial charge on any atom is -0.396 e. The van der Waals surface area contributed by atoms with E-state index in [1.807, 2.05) is 0 Å². The van der Waals surface area contributed by atoms with Gasteiger partial charge in [0.15, 0.2) is 0 Å². The molecule has 0 aromatic heterocycles. The first-order chi connectivity index (χ1) is 9.23. The quantitative estimate of drug-likeness (QED) is 0.849. The summed E-state index contributed by atoms with van der Waals surface area (Å²) in [5.41, 5.74) is 4.98. The summed E-state index contributed by atoms with van der Waals surface area (Å²) in [5.74, 6) is -1.74. The summed E-state index contributed by atoms with van der Waals surface area (Å²) in [7, 11) is -4.01. The standard InChI is InChI=1S/C13H18F2N2O2S/c1-8(2)17(7-9-3-4-9)20(18,19)13-6-12(16)10(14)5-11(13)15/h5-6,8-9H,3-4,7,16H2,1-2H3. The molecule has 0 saturated heterocycles. The zero-order chi connectivity index (χ0) is 15.1. The molecule has 1 aliphatic rings. The summed E-state index contributed by atoms with van der Waals surface area (Å²) in [5, 5.41) is 0. The fourth-order valence-electron chi connectivity index (χ4n) is 2.01. The Morgan fingerprint density at radius 3 is 2.40 bits per heavy atom. The van der Waals surface area contributed by atoms with E-state index in [-0.39, 0.29) is 11.7 Å². The van der Waals surface area contributed by atoms with E-state index in [1.165, 1.54) is 4.31 Å². The van der Waals surface area contributed by atoms with Gasteiger partial charge in [0.2, 0.25) is 10.0 Å². The van der Waals surface area contributed by atoms with Crippen molar-refractivity contribution in [2.75, 3.05) is 12.3 Å². The Morgan fingerprint density at radius 2 is 1.90 bits per heavy atom. The van der Waals surface area contributed by atoms with E-state index >= 15 is 0 Å². The Hall–Kier alpha value is -1.21. The lowest BCUT2D eigenvalue weighted by molar-refractivity contribution is 0.340. The van der Waals surface area contributed by atoms with Crippen molar-refractivity contribution in [3.8, 4) is 0 Å². The van der Waals surface area contributed by atoms with Gasteiger partial charge in [0, 0.05) is 18.7 Å². The van der Waals surface area contributed by atoms with E-state index in [9.17, 15) is 17.2 Å². The van der Waals surface area contributed by atoms with Crippen molar-refractivity contribution in [2.24, 2.45) is 5.92 Å². The van der Waals surface area contributed by atoms with Gasteiger partial charge in [-0.3, -0.25) is 0 Å². The third-order valence-corrected chi connectivity index (χ3v) is 5.41. The highest BCUT2D eigenvalue weighted by Crippen LogP contribution is 2.33. The summed E-state index contributed by atoms with van der Waals surface area (Å²) in [6.07, 6.45) is 1.96. The number of halogens is 2. The van der Waals surface area contributed by atoms with E-state index < -0.39 is 26.6 Å². The molecular formula is C13H18F2N2O2S. The highest BCUT2D eigenvalue weighted by Gasteiger charge is 2.35. The maximum atomic E-state index is 13.8. The van der Waals surface area contributed by atoms with Gasteiger partial charge < -0.3 is 5.73 Å².